The molecule has 3 heterocycles. The van der Waals surface area contributed by atoms with Gasteiger partial charge in [0.2, 0.25) is 0 Å². The van der Waals surface area contributed by atoms with E-state index in [0.29, 0.717) is 12.5 Å². The van der Waals surface area contributed by atoms with Crippen molar-refractivity contribution < 1.29 is 9.26 Å². The first-order valence-corrected chi connectivity index (χ1v) is 6.39. The third-order valence-electron chi connectivity index (χ3n) is 3.54. The molecule has 1 aliphatic heterocycles. The molecule has 19 heavy (non-hydrogen) atoms. The smallest absolute Gasteiger partial charge is 0.257 e. The Hall–Kier alpha value is -2.14. The summed E-state index contributed by atoms with van der Waals surface area (Å²) in [5.74, 6) is 1.60. The standard InChI is InChI=1S/C14H13N3O2/c1-2-12-9(3-5-15-12)7-10(1)14-16-13(17-19-14)11-4-6-18-8-11/h1-3,5,7,11,15H,4,6,8H2/t11-/m1/s1. The van der Waals surface area contributed by atoms with Gasteiger partial charge in [-0.15, -0.1) is 0 Å². The minimum absolute atomic E-state index is 0.272. The van der Waals surface area contributed by atoms with E-state index in [1.54, 1.807) is 0 Å². The average Bonchev–Trinajstić information content (AvgIpc) is 3.18. The Kier molecular flexibility index (Phi) is 2.38. The van der Waals surface area contributed by atoms with Gasteiger partial charge in [0, 0.05) is 35.2 Å². The molecule has 0 unspecified atom stereocenters. The maximum atomic E-state index is 5.36. The van der Waals surface area contributed by atoms with Gasteiger partial charge < -0.3 is 14.2 Å². The topological polar surface area (TPSA) is 63.9 Å². The summed E-state index contributed by atoms with van der Waals surface area (Å²) >= 11 is 0. The van der Waals surface area contributed by atoms with Gasteiger partial charge in [-0.25, -0.2) is 0 Å². The van der Waals surface area contributed by atoms with E-state index in [0.717, 1.165) is 35.3 Å². The molecule has 5 nitrogen and oxygen atoms in total. The number of H-pyrrole nitrogens is 1. The zero-order valence-corrected chi connectivity index (χ0v) is 10.3. The fourth-order valence-corrected chi connectivity index (χ4v) is 2.44. The lowest BCUT2D eigenvalue weighted by atomic mass is 10.1. The van der Waals surface area contributed by atoms with Crippen LogP contribution in [0.4, 0.5) is 0 Å². The predicted octanol–water partition coefficient (Wildman–Crippen LogP) is 2.72. The lowest BCUT2D eigenvalue weighted by Gasteiger charge is -1.98. The highest BCUT2D eigenvalue weighted by Crippen LogP contribution is 2.27. The minimum atomic E-state index is 0.272. The van der Waals surface area contributed by atoms with E-state index in [2.05, 4.69) is 15.1 Å². The van der Waals surface area contributed by atoms with Crippen LogP contribution in [0.1, 0.15) is 18.2 Å². The highest BCUT2D eigenvalue weighted by atomic mass is 16.5. The molecule has 1 saturated heterocycles. The van der Waals surface area contributed by atoms with Crippen LogP contribution >= 0.6 is 0 Å². The number of hydrogen-bond donors (Lipinski definition) is 1. The molecule has 5 heteroatoms. The van der Waals surface area contributed by atoms with Crippen LogP contribution in [0.2, 0.25) is 0 Å². The quantitative estimate of drug-likeness (QED) is 0.764. The summed E-state index contributed by atoms with van der Waals surface area (Å²) in [7, 11) is 0. The number of fused-ring (bicyclic) bond motifs is 1. The van der Waals surface area contributed by atoms with Crippen LogP contribution in [0.25, 0.3) is 22.4 Å². The van der Waals surface area contributed by atoms with E-state index >= 15 is 0 Å². The molecule has 1 fully saturated rings. The van der Waals surface area contributed by atoms with E-state index in [9.17, 15) is 0 Å². The Labute approximate surface area is 109 Å². The second-order valence-electron chi connectivity index (χ2n) is 4.80. The molecule has 2 aromatic heterocycles. The molecule has 4 rings (SSSR count). The van der Waals surface area contributed by atoms with E-state index in [1.165, 1.54) is 0 Å². The van der Waals surface area contributed by atoms with Crippen molar-refractivity contribution in [3.8, 4) is 11.5 Å². The molecule has 0 bridgehead atoms. The molecule has 96 valence electrons. The van der Waals surface area contributed by atoms with Crippen molar-refractivity contribution in [1.82, 2.24) is 15.1 Å². The van der Waals surface area contributed by atoms with Gasteiger partial charge in [-0.3, -0.25) is 0 Å². The molecule has 0 radical (unpaired) electrons. The van der Waals surface area contributed by atoms with E-state index in [1.807, 2.05) is 30.5 Å². The second-order valence-corrected chi connectivity index (χ2v) is 4.80. The van der Waals surface area contributed by atoms with Crippen molar-refractivity contribution in [3.05, 3.63) is 36.3 Å². The zero-order valence-electron chi connectivity index (χ0n) is 10.3. The van der Waals surface area contributed by atoms with Gasteiger partial charge in [0.25, 0.3) is 5.89 Å². The number of nitrogens with zero attached hydrogens (tertiary/aromatic N) is 2. The number of ether oxygens (including phenoxy) is 1. The zero-order chi connectivity index (χ0) is 12.7. The first kappa shape index (κ1) is 10.8. The van der Waals surface area contributed by atoms with Crippen molar-refractivity contribution >= 4 is 10.9 Å². The number of aromatic amines is 1. The van der Waals surface area contributed by atoms with Crippen LogP contribution in [0.3, 0.4) is 0 Å². The van der Waals surface area contributed by atoms with Gasteiger partial charge in [-0.05, 0) is 30.7 Å². The molecule has 0 aliphatic carbocycles. The highest BCUT2D eigenvalue weighted by molar-refractivity contribution is 5.83. The van der Waals surface area contributed by atoms with Crippen LogP contribution in [-0.2, 0) is 4.74 Å². The fourth-order valence-electron chi connectivity index (χ4n) is 2.44. The third kappa shape index (κ3) is 1.82. The van der Waals surface area contributed by atoms with E-state index in [4.69, 9.17) is 9.26 Å². The molecule has 1 aliphatic rings. The Balaban J connectivity index is 1.70. The normalized spacial score (nSPS) is 19.3. The molecular weight excluding hydrogens is 242 g/mol. The summed E-state index contributed by atoms with van der Waals surface area (Å²) in [5.41, 5.74) is 2.05. The molecule has 0 spiro atoms. The van der Waals surface area contributed by atoms with Crippen molar-refractivity contribution in [2.45, 2.75) is 12.3 Å². The van der Waals surface area contributed by atoms with Crippen molar-refractivity contribution in [2.24, 2.45) is 0 Å². The maximum absolute atomic E-state index is 5.36. The van der Waals surface area contributed by atoms with Gasteiger partial charge >= 0.3 is 0 Å². The van der Waals surface area contributed by atoms with E-state index in [-0.39, 0.29) is 5.92 Å². The number of hydrogen-bond acceptors (Lipinski definition) is 4. The summed E-state index contributed by atoms with van der Waals surface area (Å²) in [6.07, 6.45) is 2.89. The summed E-state index contributed by atoms with van der Waals surface area (Å²) in [4.78, 5) is 7.65. The number of nitrogens with one attached hydrogen (secondary N) is 1. The van der Waals surface area contributed by atoms with Crippen molar-refractivity contribution in [1.29, 1.82) is 0 Å². The lowest BCUT2D eigenvalue weighted by molar-refractivity contribution is 0.192. The fraction of sp³-hybridized carbons (Fsp3) is 0.286. The highest BCUT2D eigenvalue weighted by Gasteiger charge is 2.23. The van der Waals surface area contributed by atoms with E-state index < -0.39 is 0 Å². The Morgan fingerprint density at radius 2 is 2.26 bits per heavy atom. The monoisotopic (exact) mass is 255 g/mol. The molecule has 1 N–H and O–H groups in total. The maximum Gasteiger partial charge on any atom is 0.257 e. The second kappa shape index (κ2) is 4.20. The summed E-state index contributed by atoms with van der Waals surface area (Å²) in [6, 6.07) is 8.09. The number of benzene rings is 1. The SMILES string of the molecule is c1cc2cc(-c3nc([C@@H]4CCOC4)no3)ccc2[nH]1. The van der Waals surface area contributed by atoms with Gasteiger partial charge in [0.1, 0.15) is 0 Å². The molecule has 0 amide bonds. The van der Waals surface area contributed by atoms with Gasteiger partial charge in [-0.1, -0.05) is 5.16 Å². The first-order valence-electron chi connectivity index (χ1n) is 6.39. The molecule has 1 aromatic carbocycles. The number of aromatic nitrogens is 3. The van der Waals surface area contributed by atoms with Gasteiger partial charge in [-0.2, -0.15) is 4.98 Å². The van der Waals surface area contributed by atoms with Crippen molar-refractivity contribution in [2.75, 3.05) is 13.2 Å². The third-order valence-corrected chi connectivity index (χ3v) is 3.54. The molecular formula is C14H13N3O2. The van der Waals surface area contributed by atoms with Crippen LogP contribution in [0.15, 0.2) is 35.0 Å². The average molecular weight is 255 g/mol. The van der Waals surface area contributed by atoms with Crippen molar-refractivity contribution in [3.63, 3.8) is 0 Å². The van der Waals surface area contributed by atoms with Gasteiger partial charge in [0.15, 0.2) is 5.82 Å². The Morgan fingerprint density at radius 3 is 3.16 bits per heavy atom. The Morgan fingerprint density at radius 1 is 1.26 bits per heavy atom. The molecule has 3 aromatic rings. The Bertz CT molecular complexity index is 710. The summed E-state index contributed by atoms with van der Waals surface area (Å²) in [5, 5.41) is 5.21. The predicted molar refractivity (Wildman–Crippen MR) is 69.8 cm³/mol. The summed E-state index contributed by atoms with van der Waals surface area (Å²) in [6.45, 7) is 1.47. The minimum Gasteiger partial charge on any atom is -0.381 e. The largest absolute Gasteiger partial charge is 0.381 e. The summed E-state index contributed by atoms with van der Waals surface area (Å²) < 4.78 is 10.7. The van der Waals surface area contributed by atoms with Gasteiger partial charge in [0.05, 0.1) is 6.61 Å². The van der Waals surface area contributed by atoms with Crippen LogP contribution < -0.4 is 0 Å². The number of rotatable bonds is 2. The first-order chi connectivity index (χ1) is 9.40. The molecule has 0 saturated carbocycles. The lowest BCUT2D eigenvalue weighted by Crippen LogP contribution is -1.99. The van der Waals surface area contributed by atoms with Crippen LogP contribution in [-0.4, -0.2) is 28.3 Å². The van der Waals surface area contributed by atoms with Crippen LogP contribution in [0.5, 0.6) is 0 Å². The van der Waals surface area contributed by atoms with Crippen LogP contribution in [0, 0.1) is 0 Å². The molecule has 1 atom stereocenters.